The number of anilines is 1. The van der Waals surface area contributed by atoms with E-state index in [9.17, 15) is 18.0 Å². The third-order valence-corrected chi connectivity index (χ3v) is 9.20. The zero-order valence-corrected chi connectivity index (χ0v) is 25.1. The highest BCUT2D eigenvalue weighted by atomic mass is 35.5. The van der Waals surface area contributed by atoms with Crippen molar-refractivity contribution in [3.63, 3.8) is 0 Å². The van der Waals surface area contributed by atoms with E-state index in [-0.39, 0.29) is 17.1 Å². The highest BCUT2D eigenvalue weighted by Crippen LogP contribution is 2.32. The van der Waals surface area contributed by atoms with Gasteiger partial charge in [0.25, 0.3) is 10.0 Å². The summed E-state index contributed by atoms with van der Waals surface area (Å²) in [5.41, 5.74) is 2.06. The molecule has 11 heteroatoms. The predicted octanol–water partition coefficient (Wildman–Crippen LogP) is 6.01. The average molecular weight is 611 g/mol. The van der Waals surface area contributed by atoms with Crippen molar-refractivity contribution in [2.75, 3.05) is 17.4 Å². The number of hydrogen-bond donors (Lipinski definition) is 1. The van der Waals surface area contributed by atoms with Crippen LogP contribution in [0.2, 0.25) is 15.1 Å². The van der Waals surface area contributed by atoms with Crippen molar-refractivity contribution in [3.8, 4) is 0 Å². The third kappa shape index (κ3) is 7.06. The number of sulfonamides is 1. The first-order chi connectivity index (χ1) is 18.4. The standard InChI is InChI=1S/C28H30Cl3N3O4S/c1-5-32-28(36)20(4)33(16-22-24(30)9-6-10-25(22)31)27(35)17-34(26-11-7-8-23(29)19(26)3)39(37,38)21-14-12-18(2)13-15-21/h6-15,20H,5,16-17H2,1-4H3,(H,32,36). The Labute approximate surface area is 244 Å². The fourth-order valence-electron chi connectivity index (χ4n) is 3.98. The lowest BCUT2D eigenvalue weighted by molar-refractivity contribution is -0.139. The van der Waals surface area contributed by atoms with E-state index in [1.165, 1.54) is 17.0 Å². The Hall–Kier alpha value is -2.78. The Morgan fingerprint density at radius 3 is 2.05 bits per heavy atom. The Morgan fingerprint density at radius 2 is 1.46 bits per heavy atom. The summed E-state index contributed by atoms with van der Waals surface area (Å²) in [4.78, 5) is 28.1. The maximum Gasteiger partial charge on any atom is 0.264 e. The molecule has 0 bridgehead atoms. The van der Waals surface area contributed by atoms with E-state index in [0.29, 0.717) is 32.7 Å². The fraction of sp³-hybridized carbons (Fsp3) is 0.286. The summed E-state index contributed by atoms with van der Waals surface area (Å²) in [6.07, 6.45) is 0. The van der Waals surface area contributed by atoms with Crippen LogP contribution in [0.25, 0.3) is 0 Å². The van der Waals surface area contributed by atoms with Gasteiger partial charge < -0.3 is 10.2 Å². The predicted molar refractivity (Wildman–Crippen MR) is 157 cm³/mol. The van der Waals surface area contributed by atoms with Gasteiger partial charge in [-0.05, 0) is 69.7 Å². The number of amides is 2. The Balaban J connectivity index is 2.11. The molecule has 1 atom stereocenters. The molecule has 0 aliphatic carbocycles. The van der Waals surface area contributed by atoms with Gasteiger partial charge in [0.05, 0.1) is 10.6 Å². The molecule has 0 saturated carbocycles. The molecule has 3 aromatic carbocycles. The topological polar surface area (TPSA) is 86.8 Å². The number of carbonyl (C=O) groups excluding carboxylic acids is 2. The summed E-state index contributed by atoms with van der Waals surface area (Å²) < 4.78 is 28.9. The van der Waals surface area contributed by atoms with Crippen molar-refractivity contribution in [1.29, 1.82) is 0 Å². The summed E-state index contributed by atoms with van der Waals surface area (Å²) in [6.45, 7) is 6.51. The molecule has 0 aromatic heterocycles. The largest absolute Gasteiger partial charge is 0.355 e. The first-order valence-electron chi connectivity index (χ1n) is 12.2. The number of likely N-dealkylation sites (N-methyl/N-ethyl adjacent to an activating group) is 1. The lowest BCUT2D eigenvalue weighted by Crippen LogP contribution is -2.51. The number of nitrogens with one attached hydrogen (secondary N) is 1. The monoisotopic (exact) mass is 609 g/mol. The van der Waals surface area contributed by atoms with Crippen LogP contribution in [0.1, 0.15) is 30.5 Å². The molecule has 3 aromatic rings. The SMILES string of the molecule is CCNC(=O)C(C)N(Cc1c(Cl)cccc1Cl)C(=O)CN(c1cccc(Cl)c1C)S(=O)(=O)c1ccc(C)cc1. The highest BCUT2D eigenvalue weighted by Gasteiger charge is 2.33. The van der Waals surface area contributed by atoms with Gasteiger partial charge in [-0.2, -0.15) is 0 Å². The third-order valence-electron chi connectivity index (χ3n) is 6.30. The van der Waals surface area contributed by atoms with Crippen LogP contribution in [-0.2, 0) is 26.2 Å². The average Bonchev–Trinajstić information content (AvgIpc) is 2.89. The number of rotatable bonds is 10. The number of carbonyl (C=O) groups is 2. The quantitative estimate of drug-likeness (QED) is 0.305. The Bertz CT molecular complexity index is 1440. The molecule has 0 radical (unpaired) electrons. The molecule has 208 valence electrons. The van der Waals surface area contributed by atoms with E-state index in [2.05, 4.69) is 5.32 Å². The molecule has 2 amide bonds. The second-order valence-electron chi connectivity index (χ2n) is 9.00. The summed E-state index contributed by atoms with van der Waals surface area (Å²) in [7, 11) is -4.21. The van der Waals surface area contributed by atoms with Crippen LogP contribution in [0.15, 0.2) is 65.6 Å². The first-order valence-corrected chi connectivity index (χ1v) is 14.8. The van der Waals surface area contributed by atoms with E-state index < -0.39 is 34.4 Å². The molecule has 0 fully saturated rings. The highest BCUT2D eigenvalue weighted by molar-refractivity contribution is 7.92. The summed E-state index contributed by atoms with van der Waals surface area (Å²) >= 11 is 19.1. The number of nitrogens with zero attached hydrogens (tertiary/aromatic N) is 2. The number of halogens is 3. The van der Waals surface area contributed by atoms with Crippen LogP contribution >= 0.6 is 34.8 Å². The van der Waals surface area contributed by atoms with Crippen LogP contribution < -0.4 is 9.62 Å². The van der Waals surface area contributed by atoms with Crippen LogP contribution in [0.3, 0.4) is 0 Å². The number of hydrogen-bond acceptors (Lipinski definition) is 4. The molecular formula is C28H30Cl3N3O4S. The van der Waals surface area contributed by atoms with Gasteiger partial charge in [-0.25, -0.2) is 8.42 Å². The summed E-state index contributed by atoms with van der Waals surface area (Å²) in [6, 6.07) is 15.2. The number of aryl methyl sites for hydroxylation is 1. The summed E-state index contributed by atoms with van der Waals surface area (Å²) in [5, 5.41) is 3.69. The zero-order chi connectivity index (χ0) is 28.9. The lowest BCUT2D eigenvalue weighted by atomic mass is 10.1. The minimum Gasteiger partial charge on any atom is -0.355 e. The van der Waals surface area contributed by atoms with Crippen LogP contribution in [0.4, 0.5) is 5.69 Å². The minimum absolute atomic E-state index is 0.0118. The van der Waals surface area contributed by atoms with Gasteiger partial charge in [0.1, 0.15) is 12.6 Å². The zero-order valence-electron chi connectivity index (χ0n) is 22.0. The van der Waals surface area contributed by atoms with Crippen LogP contribution in [-0.4, -0.2) is 44.3 Å². The maximum atomic E-state index is 14.0. The van der Waals surface area contributed by atoms with Crippen molar-refractivity contribution in [2.24, 2.45) is 0 Å². The molecule has 0 saturated heterocycles. The van der Waals surface area contributed by atoms with Gasteiger partial charge in [0.15, 0.2) is 0 Å². The van der Waals surface area contributed by atoms with Crippen molar-refractivity contribution in [1.82, 2.24) is 10.2 Å². The van der Waals surface area contributed by atoms with Gasteiger partial charge in [0, 0.05) is 33.7 Å². The molecule has 0 heterocycles. The Morgan fingerprint density at radius 1 is 0.897 bits per heavy atom. The van der Waals surface area contributed by atoms with Crippen molar-refractivity contribution in [3.05, 3.63) is 92.4 Å². The molecule has 1 unspecified atom stereocenters. The van der Waals surface area contributed by atoms with E-state index in [0.717, 1.165) is 9.87 Å². The van der Waals surface area contributed by atoms with E-state index in [1.54, 1.807) is 69.3 Å². The molecule has 39 heavy (non-hydrogen) atoms. The molecular weight excluding hydrogens is 581 g/mol. The molecule has 0 spiro atoms. The van der Waals surface area contributed by atoms with Crippen molar-refractivity contribution in [2.45, 2.75) is 45.2 Å². The maximum absolute atomic E-state index is 14.0. The normalized spacial score (nSPS) is 12.1. The van der Waals surface area contributed by atoms with E-state index >= 15 is 0 Å². The van der Waals surface area contributed by atoms with Crippen molar-refractivity contribution < 1.29 is 18.0 Å². The first kappa shape index (κ1) is 30.8. The van der Waals surface area contributed by atoms with Crippen LogP contribution in [0.5, 0.6) is 0 Å². The van der Waals surface area contributed by atoms with Gasteiger partial charge in [-0.1, -0.05) is 64.6 Å². The second-order valence-corrected chi connectivity index (χ2v) is 12.1. The second kappa shape index (κ2) is 13.0. The van der Waals surface area contributed by atoms with Gasteiger partial charge >= 0.3 is 0 Å². The number of benzene rings is 3. The van der Waals surface area contributed by atoms with Crippen LogP contribution in [0, 0.1) is 13.8 Å². The molecule has 0 aliphatic rings. The lowest BCUT2D eigenvalue weighted by Gasteiger charge is -2.32. The van der Waals surface area contributed by atoms with E-state index in [1.807, 2.05) is 6.92 Å². The minimum atomic E-state index is -4.21. The van der Waals surface area contributed by atoms with Gasteiger partial charge in [-0.15, -0.1) is 0 Å². The smallest absolute Gasteiger partial charge is 0.264 e. The fourth-order valence-corrected chi connectivity index (χ4v) is 6.13. The Kier molecular flexibility index (Phi) is 10.3. The molecule has 1 N–H and O–H groups in total. The summed E-state index contributed by atoms with van der Waals surface area (Å²) in [5.74, 6) is -1.03. The van der Waals surface area contributed by atoms with E-state index in [4.69, 9.17) is 34.8 Å². The van der Waals surface area contributed by atoms with Gasteiger partial charge in [0.2, 0.25) is 11.8 Å². The molecule has 0 aliphatic heterocycles. The molecule has 7 nitrogen and oxygen atoms in total. The molecule has 3 rings (SSSR count). The van der Waals surface area contributed by atoms with Crippen molar-refractivity contribution >= 4 is 62.3 Å². The van der Waals surface area contributed by atoms with Gasteiger partial charge in [-0.3, -0.25) is 13.9 Å².